The molecular formula is C43H24BNO2S2. The van der Waals surface area contributed by atoms with E-state index in [1.54, 1.807) is 0 Å². The Hall–Kier alpha value is -5.30. The van der Waals surface area contributed by atoms with Crippen LogP contribution >= 0.6 is 23.5 Å². The maximum absolute atomic E-state index is 6.79. The standard InChI is InChI=1S/C43H24BNO2S2/c1-23-18-19-34-29(20-23)44-28-13-5-9-17-33(28)48-35-21-24(22-36(49-34)40(35)44)45-30-14-6-2-10-25(30)37-41(45)38-26-11-3-7-15-31(26)46-43(38)39-27-12-4-8-16-32(27)47-42(37)39/h2-22H,1H3. The summed E-state index contributed by atoms with van der Waals surface area (Å²) < 4.78 is 16.1. The van der Waals surface area contributed by atoms with Crippen molar-refractivity contribution in [3.63, 3.8) is 0 Å². The van der Waals surface area contributed by atoms with Crippen LogP contribution in [0.2, 0.25) is 0 Å². The van der Waals surface area contributed by atoms with Crippen molar-refractivity contribution in [3.8, 4) is 5.69 Å². The predicted molar refractivity (Wildman–Crippen MR) is 206 cm³/mol. The van der Waals surface area contributed by atoms with Crippen molar-refractivity contribution in [1.82, 2.24) is 4.57 Å². The van der Waals surface area contributed by atoms with Crippen LogP contribution in [-0.4, -0.2) is 11.3 Å². The molecule has 12 rings (SSSR count). The molecule has 0 saturated heterocycles. The van der Waals surface area contributed by atoms with E-state index in [4.69, 9.17) is 8.83 Å². The third-order valence-corrected chi connectivity index (χ3v) is 12.8. The van der Waals surface area contributed by atoms with Crippen LogP contribution in [0.25, 0.3) is 71.4 Å². The molecule has 0 bridgehead atoms. The second kappa shape index (κ2) is 9.44. The van der Waals surface area contributed by atoms with Crippen molar-refractivity contribution in [1.29, 1.82) is 0 Å². The molecule has 10 aromatic rings. The molecule has 49 heavy (non-hydrogen) atoms. The molecule has 2 aliphatic rings. The third-order valence-electron chi connectivity index (χ3n) is 10.5. The first-order chi connectivity index (χ1) is 24.2. The lowest BCUT2D eigenvalue weighted by Crippen LogP contribution is -2.58. The molecule has 0 fully saturated rings. The second-order valence-electron chi connectivity index (χ2n) is 13.3. The summed E-state index contributed by atoms with van der Waals surface area (Å²) in [4.78, 5) is 5.30. The quantitative estimate of drug-likeness (QED) is 0.164. The Bertz CT molecular complexity index is 3050. The molecule has 0 spiro atoms. The second-order valence-corrected chi connectivity index (χ2v) is 15.4. The van der Waals surface area contributed by atoms with Crippen molar-refractivity contribution >= 4 is 112 Å². The number of rotatable bonds is 1. The van der Waals surface area contributed by atoms with Crippen molar-refractivity contribution in [2.45, 2.75) is 26.5 Å². The van der Waals surface area contributed by atoms with Crippen LogP contribution in [0.1, 0.15) is 5.56 Å². The van der Waals surface area contributed by atoms with Gasteiger partial charge in [0, 0.05) is 41.4 Å². The summed E-state index contributed by atoms with van der Waals surface area (Å²) in [6.07, 6.45) is 0. The number of benzene rings is 7. The average Bonchev–Trinajstić information content (AvgIpc) is 3.81. The minimum Gasteiger partial charge on any atom is -0.455 e. The molecular weight excluding hydrogens is 637 g/mol. The zero-order chi connectivity index (χ0) is 32.0. The Morgan fingerprint density at radius 2 is 1.12 bits per heavy atom. The lowest BCUT2D eigenvalue weighted by atomic mass is 9.36. The zero-order valence-electron chi connectivity index (χ0n) is 26.3. The lowest BCUT2D eigenvalue weighted by Gasteiger charge is -2.33. The maximum Gasteiger partial charge on any atom is 0.247 e. The van der Waals surface area contributed by atoms with Gasteiger partial charge in [-0.15, -0.1) is 0 Å². The highest BCUT2D eigenvalue weighted by atomic mass is 32.2. The van der Waals surface area contributed by atoms with Crippen LogP contribution < -0.4 is 16.4 Å². The highest BCUT2D eigenvalue weighted by Crippen LogP contribution is 2.49. The largest absolute Gasteiger partial charge is 0.455 e. The van der Waals surface area contributed by atoms with Gasteiger partial charge in [0.2, 0.25) is 6.71 Å². The third kappa shape index (κ3) is 3.43. The Kier molecular flexibility index (Phi) is 5.13. The number of nitrogens with zero attached hydrogens (tertiary/aromatic N) is 1. The summed E-state index contributed by atoms with van der Waals surface area (Å²) in [5.41, 5.74) is 12.5. The van der Waals surface area contributed by atoms with E-state index < -0.39 is 0 Å². The fourth-order valence-electron chi connectivity index (χ4n) is 8.56. The molecule has 5 heterocycles. The Labute approximate surface area is 289 Å². The van der Waals surface area contributed by atoms with Crippen LogP contribution in [0.15, 0.2) is 156 Å². The summed E-state index contributed by atoms with van der Waals surface area (Å²) in [7, 11) is 0. The van der Waals surface area contributed by atoms with Gasteiger partial charge in [-0.1, -0.05) is 125 Å². The maximum atomic E-state index is 6.79. The monoisotopic (exact) mass is 661 g/mol. The Balaban J connectivity index is 1.26. The summed E-state index contributed by atoms with van der Waals surface area (Å²) in [5.74, 6) is 0. The van der Waals surface area contributed by atoms with E-state index in [0.29, 0.717) is 0 Å². The minimum atomic E-state index is 0.213. The Morgan fingerprint density at radius 1 is 0.531 bits per heavy atom. The molecule has 6 heteroatoms. The van der Waals surface area contributed by atoms with Crippen LogP contribution in [0.4, 0.5) is 0 Å². The topological polar surface area (TPSA) is 31.2 Å². The number of hydrogen-bond acceptors (Lipinski definition) is 4. The predicted octanol–water partition coefficient (Wildman–Crippen LogP) is 10.3. The van der Waals surface area contributed by atoms with Gasteiger partial charge in [-0.2, -0.15) is 0 Å². The van der Waals surface area contributed by atoms with Crippen molar-refractivity contribution in [2.75, 3.05) is 0 Å². The first-order valence-electron chi connectivity index (χ1n) is 16.6. The molecule has 0 N–H and O–H groups in total. The molecule has 0 aliphatic carbocycles. The fraction of sp³-hybridized carbons (Fsp3) is 0.0233. The smallest absolute Gasteiger partial charge is 0.247 e. The van der Waals surface area contributed by atoms with E-state index in [1.807, 2.05) is 29.6 Å². The molecule has 228 valence electrons. The summed E-state index contributed by atoms with van der Waals surface area (Å²) in [6, 6.07) is 46.3. The highest BCUT2D eigenvalue weighted by molar-refractivity contribution is 8.01. The highest BCUT2D eigenvalue weighted by Gasteiger charge is 2.38. The van der Waals surface area contributed by atoms with Gasteiger partial charge in [0.1, 0.15) is 22.3 Å². The summed E-state index contributed by atoms with van der Waals surface area (Å²) in [6.45, 7) is 2.42. The number of furan rings is 2. The molecule has 0 saturated carbocycles. The SMILES string of the molecule is Cc1ccc2c(c1)B1c3ccccc3Sc3cc(-n4c5ccccc5c5c6oc7ccccc7c6c6oc7ccccc7c6c54)cc(c31)S2. The molecule has 0 radical (unpaired) electrons. The normalized spacial score (nSPS) is 13.6. The number of para-hydroxylation sites is 3. The number of fused-ring (bicyclic) bond motifs is 16. The number of aryl methyl sites for hydroxylation is 1. The van der Waals surface area contributed by atoms with E-state index in [2.05, 4.69) is 133 Å². The van der Waals surface area contributed by atoms with Gasteiger partial charge in [-0.25, -0.2) is 0 Å². The van der Waals surface area contributed by atoms with E-state index >= 15 is 0 Å². The van der Waals surface area contributed by atoms with Crippen LogP contribution in [-0.2, 0) is 0 Å². The molecule has 7 aromatic carbocycles. The molecule has 3 nitrogen and oxygen atoms in total. The van der Waals surface area contributed by atoms with E-state index in [0.717, 1.165) is 66.0 Å². The minimum absolute atomic E-state index is 0.213. The van der Waals surface area contributed by atoms with Crippen LogP contribution in [0.5, 0.6) is 0 Å². The van der Waals surface area contributed by atoms with Gasteiger partial charge in [0.05, 0.1) is 27.2 Å². The van der Waals surface area contributed by atoms with Crippen LogP contribution in [0, 0.1) is 6.92 Å². The van der Waals surface area contributed by atoms with Crippen molar-refractivity contribution in [3.05, 3.63) is 133 Å². The van der Waals surface area contributed by atoms with E-state index in [1.165, 1.54) is 46.9 Å². The van der Waals surface area contributed by atoms with Gasteiger partial charge in [-0.05, 0) is 54.9 Å². The number of aromatic nitrogens is 1. The van der Waals surface area contributed by atoms with Gasteiger partial charge in [0.15, 0.2) is 0 Å². The Morgan fingerprint density at radius 3 is 1.88 bits per heavy atom. The first kappa shape index (κ1) is 26.6. The van der Waals surface area contributed by atoms with E-state index in [9.17, 15) is 0 Å². The molecule has 0 amide bonds. The molecule has 2 aliphatic heterocycles. The number of hydrogen-bond donors (Lipinski definition) is 0. The van der Waals surface area contributed by atoms with Crippen molar-refractivity contribution in [2.24, 2.45) is 0 Å². The molecule has 0 atom stereocenters. The first-order valence-corrected chi connectivity index (χ1v) is 18.3. The zero-order valence-corrected chi connectivity index (χ0v) is 27.9. The summed E-state index contributed by atoms with van der Waals surface area (Å²) in [5, 5.41) is 6.64. The van der Waals surface area contributed by atoms with Gasteiger partial charge in [0.25, 0.3) is 0 Å². The molecule has 0 unspecified atom stereocenters. The fourth-order valence-corrected chi connectivity index (χ4v) is 11.0. The van der Waals surface area contributed by atoms with Gasteiger partial charge in [-0.3, -0.25) is 0 Å². The van der Waals surface area contributed by atoms with Crippen molar-refractivity contribution < 1.29 is 8.83 Å². The van der Waals surface area contributed by atoms with E-state index in [-0.39, 0.29) is 6.71 Å². The molecule has 3 aromatic heterocycles. The summed E-state index contributed by atoms with van der Waals surface area (Å²) >= 11 is 3.81. The lowest BCUT2D eigenvalue weighted by molar-refractivity contribution is 0.665. The van der Waals surface area contributed by atoms with Gasteiger partial charge >= 0.3 is 0 Å². The van der Waals surface area contributed by atoms with Crippen LogP contribution in [0.3, 0.4) is 0 Å². The van der Waals surface area contributed by atoms with Gasteiger partial charge < -0.3 is 13.4 Å². The average molecular weight is 662 g/mol.